The van der Waals surface area contributed by atoms with Gasteiger partial charge in [0, 0.05) is 55.7 Å². The van der Waals surface area contributed by atoms with E-state index < -0.39 is 0 Å². The van der Waals surface area contributed by atoms with Crippen LogP contribution in [-0.4, -0.2) is 34.5 Å². The number of hydrogen-bond donors (Lipinski definition) is 0. The van der Waals surface area contributed by atoms with Crippen LogP contribution in [0.2, 0.25) is 0 Å². The Labute approximate surface area is 213 Å². The van der Waals surface area contributed by atoms with E-state index in [2.05, 4.69) is 56.3 Å². The fourth-order valence-electron chi connectivity index (χ4n) is 6.11. The second kappa shape index (κ2) is 8.39. The number of benzene rings is 1. The Morgan fingerprint density at radius 1 is 0.972 bits per heavy atom. The molecule has 6 heteroatoms. The molecule has 3 aliphatic heterocycles. The molecular formula is C30H36N4O2. The topological polar surface area (TPSA) is 48.8 Å². The molecule has 0 radical (unpaired) electrons. The summed E-state index contributed by atoms with van der Waals surface area (Å²) in [4.78, 5) is 33.5. The molecule has 2 atom stereocenters. The van der Waals surface area contributed by atoms with Crippen molar-refractivity contribution in [2.24, 2.45) is 5.41 Å². The molecule has 0 spiro atoms. The van der Waals surface area contributed by atoms with Crippen molar-refractivity contribution in [3.8, 4) is 0 Å². The number of carbonyl (C=O) groups is 1. The molecule has 4 aliphatic rings. The smallest absolute Gasteiger partial charge is 0.275 e. The van der Waals surface area contributed by atoms with Gasteiger partial charge in [-0.3, -0.25) is 9.59 Å². The molecule has 2 unspecified atom stereocenters. The summed E-state index contributed by atoms with van der Waals surface area (Å²) in [6.07, 6.45) is 9.00. The van der Waals surface area contributed by atoms with Crippen molar-refractivity contribution in [3.63, 3.8) is 0 Å². The van der Waals surface area contributed by atoms with Crippen molar-refractivity contribution in [1.82, 2.24) is 9.47 Å². The molecule has 0 N–H and O–H groups in total. The average Bonchev–Trinajstić information content (AvgIpc) is 3.56. The van der Waals surface area contributed by atoms with E-state index in [4.69, 9.17) is 0 Å². The van der Waals surface area contributed by atoms with Crippen LogP contribution in [0.4, 0.5) is 11.4 Å². The number of aromatic nitrogens is 1. The number of carbonyl (C=O) groups excluding carboxylic acids is 1. The van der Waals surface area contributed by atoms with Gasteiger partial charge in [-0.1, -0.05) is 19.1 Å². The standard InChI is InChI=1S/C30H36N4O2/c1-20-8-9-23(14-27(20)31-12-6-5-7-13-31)18-33-22(3)17-34-26(29(33)36)11-10-25(28(34)35)32-16-21(2)30(4)15-24(30)19-32/h8-11,14,16,19,22H,5-7,12-13,15,17-18H2,1-4H3. The van der Waals surface area contributed by atoms with Crippen LogP contribution in [0.1, 0.15) is 68.1 Å². The zero-order valence-corrected chi connectivity index (χ0v) is 21.9. The predicted octanol–water partition coefficient (Wildman–Crippen LogP) is 5.21. The molecule has 2 fully saturated rings. The van der Waals surface area contributed by atoms with Gasteiger partial charge >= 0.3 is 0 Å². The van der Waals surface area contributed by atoms with Crippen molar-refractivity contribution in [2.75, 3.05) is 22.9 Å². The van der Waals surface area contributed by atoms with Crippen LogP contribution in [0.3, 0.4) is 0 Å². The van der Waals surface area contributed by atoms with Crippen LogP contribution in [0, 0.1) is 12.3 Å². The van der Waals surface area contributed by atoms with Gasteiger partial charge in [-0.2, -0.15) is 0 Å². The maximum Gasteiger partial charge on any atom is 0.275 e. The van der Waals surface area contributed by atoms with Crippen molar-refractivity contribution in [3.05, 3.63) is 81.1 Å². The zero-order chi connectivity index (χ0) is 25.2. The second-order valence-corrected chi connectivity index (χ2v) is 11.4. The molecule has 36 heavy (non-hydrogen) atoms. The highest BCUT2D eigenvalue weighted by molar-refractivity contribution is 5.94. The van der Waals surface area contributed by atoms with E-state index in [-0.39, 0.29) is 22.9 Å². The van der Waals surface area contributed by atoms with E-state index in [1.807, 2.05) is 28.9 Å². The van der Waals surface area contributed by atoms with Crippen molar-refractivity contribution < 1.29 is 4.79 Å². The number of aryl methyl sites for hydroxylation is 1. The van der Waals surface area contributed by atoms with E-state index in [0.29, 0.717) is 24.5 Å². The van der Waals surface area contributed by atoms with Crippen LogP contribution in [0.5, 0.6) is 0 Å². The molecule has 1 saturated carbocycles. The summed E-state index contributed by atoms with van der Waals surface area (Å²) >= 11 is 0. The summed E-state index contributed by atoms with van der Waals surface area (Å²) in [6, 6.07) is 10.1. The van der Waals surface area contributed by atoms with Gasteiger partial charge in [0.1, 0.15) is 11.4 Å². The van der Waals surface area contributed by atoms with Crippen LogP contribution < -0.4 is 15.4 Å². The van der Waals surface area contributed by atoms with Gasteiger partial charge in [-0.25, -0.2) is 0 Å². The largest absolute Gasteiger partial charge is 0.371 e. The maximum atomic E-state index is 13.6. The summed E-state index contributed by atoms with van der Waals surface area (Å²) in [5.74, 6) is -0.0732. The normalized spacial score (nSPS) is 25.3. The van der Waals surface area contributed by atoms with Crippen LogP contribution in [-0.2, 0) is 13.1 Å². The Morgan fingerprint density at radius 3 is 2.50 bits per heavy atom. The monoisotopic (exact) mass is 484 g/mol. The molecule has 4 heterocycles. The Hall–Kier alpha value is -3.28. The Kier molecular flexibility index (Phi) is 5.39. The molecule has 6 rings (SSSR count). The van der Waals surface area contributed by atoms with E-state index >= 15 is 0 Å². The van der Waals surface area contributed by atoms with Gasteiger partial charge in [0.25, 0.3) is 11.5 Å². The summed E-state index contributed by atoms with van der Waals surface area (Å²) in [7, 11) is 0. The summed E-state index contributed by atoms with van der Waals surface area (Å²) in [5, 5.41) is 0. The second-order valence-electron chi connectivity index (χ2n) is 11.4. The lowest BCUT2D eigenvalue weighted by Crippen LogP contribution is -2.49. The highest BCUT2D eigenvalue weighted by atomic mass is 16.2. The summed E-state index contributed by atoms with van der Waals surface area (Å²) in [5.41, 5.74) is 7.52. The molecular weight excluding hydrogens is 448 g/mol. The van der Waals surface area contributed by atoms with Gasteiger partial charge in [0.15, 0.2) is 0 Å². The number of pyridine rings is 1. The number of nitrogens with zero attached hydrogens (tertiary/aromatic N) is 4. The lowest BCUT2D eigenvalue weighted by atomic mass is 9.98. The third-order valence-electron chi connectivity index (χ3n) is 8.84. The van der Waals surface area contributed by atoms with Gasteiger partial charge in [-0.15, -0.1) is 0 Å². The third-order valence-corrected chi connectivity index (χ3v) is 8.84. The van der Waals surface area contributed by atoms with Crippen LogP contribution in [0.15, 0.2) is 58.7 Å². The zero-order valence-electron chi connectivity index (χ0n) is 21.9. The van der Waals surface area contributed by atoms with Gasteiger partial charge < -0.3 is 19.3 Å². The van der Waals surface area contributed by atoms with E-state index in [9.17, 15) is 9.59 Å². The Bertz CT molecular complexity index is 1360. The number of anilines is 2. The first kappa shape index (κ1) is 23.1. The summed E-state index contributed by atoms with van der Waals surface area (Å²) in [6.45, 7) is 11.9. The summed E-state index contributed by atoms with van der Waals surface area (Å²) < 4.78 is 1.68. The first-order chi connectivity index (χ1) is 17.3. The SMILES string of the molecule is CC1=CN(c2ccc3n(c2=O)CC(C)N(Cc2ccc(C)c(N4CCCCC4)c2)C3=O)C=C2CC12C. The molecule has 1 saturated heterocycles. The van der Waals surface area contributed by atoms with Gasteiger partial charge in [-0.05, 0) is 86.9 Å². The number of allylic oxidation sites excluding steroid dienone is 2. The van der Waals surface area contributed by atoms with E-state index in [0.717, 1.165) is 25.1 Å². The first-order valence-electron chi connectivity index (χ1n) is 13.3. The number of piperidine rings is 1. The molecule has 2 aromatic rings. The molecule has 1 amide bonds. The molecule has 0 bridgehead atoms. The minimum absolute atomic E-state index is 0.0681. The number of fused-ring (bicyclic) bond motifs is 2. The molecule has 1 aromatic carbocycles. The number of hydrogen-bond acceptors (Lipinski definition) is 4. The quantitative estimate of drug-likeness (QED) is 0.598. The van der Waals surface area contributed by atoms with Crippen LogP contribution in [0.25, 0.3) is 0 Å². The lowest BCUT2D eigenvalue weighted by molar-refractivity contribution is 0.0590. The van der Waals surface area contributed by atoms with E-state index in [1.165, 1.54) is 41.7 Å². The molecule has 6 nitrogen and oxygen atoms in total. The fourth-order valence-corrected chi connectivity index (χ4v) is 6.11. The average molecular weight is 485 g/mol. The van der Waals surface area contributed by atoms with Crippen molar-refractivity contribution >= 4 is 17.3 Å². The Morgan fingerprint density at radius 2 is 1.75 bits per heavy atom. The third kappa shape index (κ3) is 3.69. The maximum absolute atomic E-state index is 13.6. The van der Waals surface area contributed by atoms with E-state index in [1.54, 1.807) is 4.57 Å². The fraction of sp³-hybridized carbons (Fsp3) is 0.467. The molecule has 1 aliphatic carbocycles. The molecule has 1 aromatic heterocycles. The van der Waals surface area contributed by atoms with Crippen LogP contribution >= 0.6 is 0 Å². The lowest BCUT2D eigenvalue weighted by Gasteiger charge is -2.36. The van der Waals surface area contributed by atoms with Crippen molar-refractivity contribution in [1.29, 1.82) is 0 Å². The Balaban J connectivity index is 1.27. The number of rotatable bonds is 4. The highest BCUT2D eigenvalue weighted by Crippen LogP contribution is 2.58. The molecule has 188 valence electrons. The first-order valence-corrected chi connectivity index (χ1v) is 13.3. The number of amides is 1. The van der Waals surface area contributed by atoms with Gasteiger partial charge in [0.2, 0.25) is 0 Å². The predicted molar refractivity (Wildman–Crippen MR) is 144 cm³/mol. The van der Waals surface area contributed by atoms with Crippen molar-refractivity contribution in [2.45, 2.75) is 72.5 Å². The minimum atomic E-state index is -0.0970. The highest BCUT2D eigenvalue weighted by Gasteiger charge is 2.48. The van der Waals surface area contributed by atoms with Gasteiger partial charge in [0.05, 0.1) is 0 Å². The minimum Gasteiger partial charge on any atom is -0.371 e.